The Morgan fingerprint density at radius 2 is 1.36 bits per heavy atom. The molecule has 0 heterocycles. The molecular formula is C47H68N2O5Si. The van der Waals surface area contributed by atoms with E-state index in [1.807, 2.05) is 18.2 Å². The van der Waals surface area contributed by atoms with Gasteiger partial charge in [-0.1, -0.05) is 75.4 Å². The molecule has 0 aliphatic heterocycles. The number of aromatic hydroxyl groups is 3. The molecule has 4 aromatic rings. The number of phenolic OH excluding ortho intramolecular Hbond substituents is 3. The number of ether oxygens (including phenoxy) is 1. The highest BCUT2D eigenvalue weighted by molar-refractivity contribution is 6.74. The summed E-state index contributed by atoms with van der Waals surface area (Å²) in [5, 5.41) is 34.9. The van der Waals surface area contributed by atoms with Gasteiger partial charge in [-0.15, -0.1) is 0 Å². The fourth-order valence-corrected chi connectivity index (χ4v) is 8.30. The fourth-order valence-electron chi connectivity index (χ4n) is 7.02. The number of aryl methyl sites for hydroxylation is 1. The van der Waals surface area contributed by atoms with Crippen LogP contribution in [0.5, 0.6) is 23.0 Å². The van der Waals surface area contributed by atoms with Gasteiger partial charge in [0, 0.05) is 36.2 Å². The molecule has 0 spiro atoms. The van der Waals surface area contributed by atoms with Gasteiger partial charge in [0.25, 0.3) is 0 Å². The summed E-state index contributed by atoms with van der Waals surface area (Å²) in [6.45, 7) is 23.1. The zero-order valence-electron chi connectivity index (χ0n) is 34.9. The van der Waals surface area contributed by atoms with Crippen LogP contribution in [0.4, 0.5) is 0 Å². The molecule has 0 fully saturated rings. The molecule has 7 nitrogen and oxygen atoms in total. The number of phenols is 3. The Bertz CT molecular complexity index is 1710. The molecular weight excluding hydrogens is 701 g/mol. The molecule has 0 aromatic heterocycles. The third kappa shape index (κ3) is 13.4. The Morgan fingerprint density at radius 1 is 0.727 bits per heavy atom. The Kier molecular flexibility index (Phi) is 16.3. The van der Waals surface area contributed by atoms with Crippen molar-refractivity contribution in [3.8, 4) is 23.0 Å². The maximum Gasteiger partial charge on any atom is 0.192 e. The summed E-state index contributed by atoms with van der Waals surface area (Å²) in [7, 11) is -2.11. The second-order valence-electron chi connectivity index (χ2n) is 17.1. The molecule has 0 aliphatic rings. The number of unbranched alkanes of at least 4 members (excludes halogenated alkanes) is 1. The topological polar surface area (TPSA) is 94.4 Å². The van der Waals surface area contributed by atoms with Gasteiger partial charge in [-0.2, -0.15) is 0 Å². The Labute approximate surface area is 332 Å². The quantitative estimate of drug-likeness (QED) is 0.0495. The van der Waals surface area contributed by atoms with Gasteiger partial charge < -0.3 is 29.8 Å². The van der Waals surface area contributed by atoms with Gasteiger partial charge in [0.15, 0.2) is 8.32 Å². The van der Waals surface area contributed by atoms with E-state index in [-0.39, 0.29) is 28.6 Å². The van der Waals surface area contributed by atoms with Gasteiger partial charge in [0.1, 0.15) is 23.0 Å². The second kappa shape index (κ2) is 20.4. The Balaban J connectivity index is 1.25. The van der Waals surface area contributed by atoms with E-state index in [4.69, 9.17) is 9.16 Å². The SMILES string of the molecule is CC(C)N(CCC(c1ccccc1)c1cc(CCCCOc2ccc(CCNCC(O[Si](C)(C)C(C)(C)C)c3cc(O)cc(O)c3)cc2)ccc1O)C(C)C. The predicted octanol–water partition coefficient (Wildman–Crippen LogP) is 10.7. The average Bonchev–Trinajstić information content (AvgIpc) is 3.12. The summed E-state index contributed by atoms with van der Waals surface area (Å²) < 4.78 is 12.9. The van der Waals surface area contributed by atoms with Crippen LogP contribution in [0.2, 0.25) is 18.1 Å². The fraction of sp³-hybridized carbons (Fsp3) is 0.489. The molecule has 2 atom stereocenters. The lowest BCUT2D eigenvalue weighted by atomic mass is 9.86. The van der Waals surface area contributed by atoms with E-state index in [2.05, 4.69) is 126 Å². The third-order valence-corrected chi connectivity index (χ3v) is 15.7. The van der Waals surface area contributed by atoms with Crippen molar-refractivity contribution in [1.82, 2.24) is 10.2 Å². The standard InChI is InChI=1S/C47H68N2O5Si/c1-34(2)49(35(3)4)27-25-43(38-16-11-10-12-17-38)44-29-37(20-23-45(44)52)15-13-14-28-53-42-21-18-36(19-22-42)24-26-48-33-46(54-55(8,9)47(5,6)7)39-30-40(50)32-41(51)31-39/h10-12,16-23,29-32,34-35,43,46,48,50-52H,13-15,24-28,33H2,1-9H3. The summed E-state index contributed by atoms with van der Waals surface area (Å²) in [6, 6.07) is 30.7. The smallest absolute Gasteiger partial charge is 0.192 e. The average molecular weight is 769 g/mol. The zero-order valence-corrected chi connectivity index (χ0v) is 35.9. The summed E-state index contributed by atoms with van der Waals surface area (Å²) in [4.78, 5) is 2.53. The number of hydrogen-bond acceptors (Lipinski definition) is 7. The Hall–Kier alpha value is -3.82. The highest BCUT2D eigenvalue weighted by Crippen LogP contribution is 2.40. The molecule has 4 N–H and O–H groups in total. The molecule has 0 radical (unpaired) electrons. The van der Waals surface area contributed by atoms with Crippen molar-refractivity contribution in [2.24, 2.45) is 0 Å². The van der Waals surface area contributed by atoms with Crippen molar-refractivity contribution in [1.29, 1.82) is 0 Å². The van der Waals surface area contributed by atoms with Crippen LogP contribution >= 0.6 is 0 Å². The van der Waals surface area contributed by atoms with Crippen LogP contribution in [-0.2, 0) is 17.3 Å². The minimum absolute atomic E-state index is 0.0285. The maximum absolute atomic E-state index is 11.1. The first-order chi connectivity index (χ1) is 26.0. The summed E-state index contributed by atoms with van der Waals surface area (Å²) in [6.07, 6.45) is 4.39. The molecule has 0 bridgehead atoms. The van der Waals surface area contributed by atoms with Crippen LogP contribution in [0.25, 0.3) is 0 Å². The van der Waals surface area contributed by atoms with E-state index in [1.165, 1.54) is 22.8 Å². The number of nitrogens with zero attached hydrogens (tertiary/aromatic N) is 1. The van der Waals surface area contributed by atoms with Gasteiger partial charge in [0.05, 0.1) is 12.7 Å². The summed E-state index contributed by atoms with van der Waals surface area (Å²) in [5.41, 5.74) is 5.49. The van der Waals surface area contributed by atoms with E-state index in [1.54, 1.807) is 12.1 Å². The van der Waals surface area contributed by atoms with E-state index in [0.717, 1.165) is 62.1 Å². The van der Waals surface area contributed by atoms with Crippen molar-refractivity contribution in [3.63, 3.8) is 0 Å². The second-order valence-corrected chi connectivity index (χ2v) is 21.9. The molecule has 0 saturated carbocycles. The third-order valence-electron chi connectivity index (χ3n) is 11.2. The lowest BCUT2D eigenvalue weighted by molar-refractivity contribution is 0.170. The highest BCUT2D eigenvalue weighted by atomic mass is 28.4. The molecule has 8 heteroatoms. The molecule has 4 rings (SSSR count). The normalized spacial score (nSPS) is 13.5. The lowest BCUT2D eigenvalue weighted by Gasteiger charge is -2.39. The van der Waals surface area contributed by atoms with Crippen molar-refractivity contribution in [3.05, 3.63) is 119 Å². The Morgan fingerprint density at radius 3 is 1.98 bits per heavy atom. The van der Waals surface area contributed by atoms with E-state index < -0.39 is 8.32 Å². The van der Waals surface area contributed by atoms with Crippen LogP contribution in [0.1, 0.15) is 108 Å². The number of hydrogen-bond donors (Lipinski definition) is 4. The van der Waals surface area contributed by atoms with Crippen molar-refractivity contribution in [2.45, 2.75) is 123 Å². The first kappa shape index (κ1) is 43.9. The maximum atomic E-state index is 11.1. The highest BCUT2D eigenvalue weighted by Gasteiger charge is 2.39. The molecule has 0 amide bonds. The summed E-state index contributed by atoms with van der Waals surface area (Å²) in [5.74, 6) is 1.44. The number of benzene rings is 4. The van der Waals surface area contributed by atoms with Crippen LogP contribution in [0, 0.1) is 0 Å². The lowest BCUT2D eigenvalue weighted by Crippen LogP contribution is -2.43. The molecule has 300 valence electrons. The largest absolute Gasteiger partial charge is 0.508 e. The molecule has 55 heavy (non-hydrogen) atoms. The predicted molar refractivity (Wildman–Crippen MR) is 230 cm³/mol. The van der Waals surface area contributed by atoms with Gasteiger partial charge in [-0.25, -0.2) is 0 Å². The van der Waals surface area contributed by atoms with Gasteiger partial charge in [-0.05, 0) is 144 Å². The number of rotatable bonds is 21. The van der Waals surface area contributed by atoms with Gasteiger partial charge in [0.2, 0.25) is 0 Å². The minimum atomic E-state index is -2.11. The van der Waals surface area contributed by atoms with Crippen LogP contribution in [0.3, 0.4) is 0 Å². The monoisotopic (exact) mass is 768 g/mol. The zero-order chi connectivity index (χ0) is 40.2. The minimum Gasteiger partial charge on any atom is -0.508 e. The summed E-state index contributed by atoms with van der Waals surface area (Å²) >= 11 is 0. The van der Waals surface area contributed by atoms with E-state index in [0.29, 0.717) is 31.0 Å². The van der Waals surface area contributed by atoms with Crippen LogP contribution in [0.15, 0.2) is 91.0 Å². The van der Waals surface area contributed by atoms with Crippen LogP contribution in [-0.4, -0.2) is 66.9 Å². The first-order valence-corrected chi connectivity index (χ1v) is 23.2. The molecule has 4 aromatic carbocycles. The van der Waals surface area contributed by atoms with Crippen molar-refractivity contribution < 1.29 is 24.5 Å². The van der Waals surface area contributed by atoms with Gasteiger partial charge >= 0.3 is 0 Å². The van der Waals surface area contributed by atoms with Gasteiger partial charge in [-0.3, -0.25) is 4.90 Å². The first-order valence-electron chi connectivity index (χ1n) is 20.3. The van der Waals surface area contributed by atoms with Crippen molar-refractivity contribution >= 4 is 8.32 Å². The van der Waals surface area contributed by atoms with E-state index in [9.17, 15) is 15.3 Å². The van der Waals surface area contributed by atoms with Crippen molar-refractivity contribution in [2.75, 3.05) is 26.2 Å². The molecule has 0 saturated heterocycles. The number of nitrogens with one attached hydrogen (secondary N) is 1. The van der Waals surface area contributed by atoms with Crippen LogP contribution < -0.4 is 10.1 Å². The van der Waals surface area contributed by atoms with E-state index >= 15 is 0 Å². The molecule has 2 unspecified atom stereocenters. The molecule has 0 aliphatic carbocycles.